The van der Waals surface area contributed by atoms with E-state index in [1.807, 2.05) is 18.3 Å². The maximum Gasteiger partial charge on any atom is 0.268 e. The third-order valence-electron chi connectivity index (χ3n) is 18.0. The van der Waals surface area contributed by atoms with E-state index in [2.05, 4.69) is 276 Å². The summed E-state index contributed by atoms with van der Waals surface area (Å²) in [5, 5.41) is 4.64. The van der Waals surface area contributed by atoms with Crippen molar-refractivity contribution in [3.63, 3.8) is 0 Å². The Morgan fingerprint density at radius 1 is 0.494 bits per heavy atom. The average molecular weight is 1260 g/mol. The zero-order valence-electron chi connectivity index (χ0n) is 48.8. The van der Waals surface area contributed by atoms with Gasteiger partial charge in [-0.05, 0) is 150 Å². The molecule has 9 aromatic carbocycles. The monoisotopic (exact) mass is 1260 g/mol. The van der Waals surface area contributed by atoms with Gasteiger partial charge in [0.05, 0.1) is 27.8 Å². The molecule has 15 rings (SSSR count). The summed E-state index contributed by atoms with van der Waals surface area (Å²) in [5.74, 6) is 1.99. The number of hydrogen-bond acceptors (Lipinski definition) is 2. The number of benzene rings is 9. The van der Waals surface area contributed by atoms with Gasteiger partial charge in [-0.25, -0.2) is 4.98 Å². The Hall–Kier alpha value is -8.31. The van der Waals surface area contributed by atoms with Crippen LogP contribution in [0.3, 0.4) is 0 Å². The van der Waals surface area contributed by atoms with E-state index in [1.54, 1.807) is 0 Å². The van der Waals surface area contributed by atoms with Crippen LogP contribution in [0.1, 0.15) is 104 Å². The molecule has 0 unspecified atom stereocenters. The second-order valence-electron chi connectivity index (χ2n) is 26.3. The van der Waals surface area contributed by atoms with Crippen molar-refractivity contribution < 1.29 is 30.4 Å². The van der Waals surface area contributed by atoms with Crippen LogP contribution < -0.4 is 9.30 Å². The van der Waals surface area contributed by atoms with Gasteiger partial charge in [0.2, 0.25) is 0 Å². The molecular formula is C76H65N5OPt-2. The smallest absolute Gasteiger partial charge is 0.268 e. The van der Waals surface area contributed by atoms with Crippen LogP contribution >= 0.6 is 0 Å². The summed E-state index contributed by atoms with van der Waals surface area (Å²) in [6.07, 6.45) is 8.27. The molecule has 6 nitrogen and oxygen atoms in total. The van der Waals surface area contributed by atoms with Crippen LogP contribution in [0.15, 0.2) is 188 Å². The number of pyridine rings is 1. The SMILES string of the molecule is CC(C)(C)c1ccnc(-n2c3[c-]c(Oc4[c-]c(-n5[c-][n+]6c7c(cc(-n8c9ccccc9c9ccccc98)cc75)-c5ccccc5-c5cc7c(cc5-c5cccc(C(C)(C)C)c5-6)C(C)(C)CCC7(C)C)ccc4)ccc3c3ccccc32)c1.[Pt]. The zero-order chi connectivity index (χ0) is 56.2. The summed E-state index contributed by atoms with van der Waals surface area (Å²) in [4.78, 5) is 4.94. The molecule has 1 aliphatic carbocycles. The topological polar surface area (TPSA) is 40.8 Å². The number of rotatable bonds is 5. The van der Waals surface area contributed by atoms with Gasteiger partial charge in [0, 0.05) is 60.7 Å². The van der Waals surface area contributed by atoms with Crippen molar-refractivity contribution in [1.29, 1.82) is 0 Å². The van der Waals surface area contributed by atoms with E-state index < -0.39 is 0 Å². The first-order chi connectivity index (χ1) is 39.4. The molecule has 0 N–H and O–H groups in total. The van der Waals surface area contributed by atoms with Crippen molar-refractivity contribution in [2.45, 2.75) is 104 Å². The van der Waals surface area contributed by atoms with Crippen molar-refractivity contribution in [1.82, 2.24) is 18.7 Å². The van der Waals surface area contributed by atoms with E-state index in [1.165, 1.54) is 60.8 Å². The van der Waals surface area contributed by atoms with Crippen molar-refractivity contribution >= 4 is 54.6 Å². The molecule has 2 aliphatic rings. The van der Waals surface area contributed by atoms with Crippen LogP contribution in [0.25, 0.3) is 111 Å². The maximum atomic E-state index is 6.93. The molecule has 0 fully saturated rings. The van der Waals surface area contributed by atoms with Crippen LogP contribution in [0.5, 0.6) is 11.5 Å². The Balaban J connectivity index is 0.00000614. The Morgan fingerprint density at radius 3 is 1.71 bits per heavy atom. The minimum absolute atomic E-state index is 0. The van der Waals surface area contributed by atoms with E-state index in [9.17, 15) is 0 Å². The molecule has 5 heterocycles. The van der Waals surface area contributed by atoms with Gasteiger partial charge in [-0.1, -0.05) is 178 Å². The molecule has 0 saturated carbocycles. The van der Waals surface area contributed by atoms with Crippen molar-refractivity contribution in [3.8, 4) is 67.8 Å². The number of para-hydroxylation sites is 4. The third kappa shape index (κ3) is 8.29. The molecule has 7 heteroatoms. The number of aromatic nitrogens is 5. The predicted octanol–water partition coefficient (Wildman–Crippen LogP) is 18.9. The fraction of sp³-hybridized carbons (Fsp3) is 0.211. The van der Waals surface area contributed by atoms with Crippen molar-refractivity contribution in [3.05, 3.63) is 229 Å². The second-order valence-corrected chi connectivity index (χ2v) is 26.3. The van der Waals surface area contributed by atoms with Crippen LogP contribution in [0.2, 0.25) is 0 Å². The Labute approximate surface area is 500 Å². The van der Waals surface area contributed by atoms with Gasteiger partial charge in [0.1, 0.15) is 5.82 Å². The van der Waals surface area contributed by atoms with Gasteiger partial charge >= 0.3 is 0 Å². The molecule has 1 aliphatic heterocycles. The minimum atomic E-state index is -0.241. The Morgan fingerprint density at radius 2 is 1.06 bits per heavy atom. The first-order valence-electron chi connectivity index (χ1n) is 29.0. The van der Waals surface area contributed by atoms with Gasteiger partial charge in [-0.15, -0.1) is 29.7 Å². The number of ether oxygens (including phenoxy) is 1. The quantitative estimate of drug-likeness (QED) is 0.127. The van der Waals surface area contributed by atoms with Gasteiger partial charge in [0.25, 0.3) is 6.33 Å². The Bertz CT molecular complexity index is 4770. The summed E-state index contributed by atoms with van der Waals surface area (Å²) in [5.41, 5.74) is 21.5. The number of nitrogens with zero attached hydrogens (tertiary/aromatic N) is 5. The van der Waals surface area contributed by atoms with Crippen LogP contribution in [-0.4, -0.2) is 18.7 Å². The van der Waals surface area contributed by atoms with E-state index in [0.717, 1.165) is 85.2 Å². The van der Waals surface area contributed by atoms with E-state index in [-0.39, 0.29) is 42.7 Å². The first-order valence-corrected chi connectivity index (χ1v) is 29.0. The summed E-state index contributed by atoms with van der Waals surface area (Å²) in [6.45, 7) is 23.5. The third-order valence-corrected chi connectivity index (χ3v) is 18.0. The molecule has 83 heavy (non-hydrogen) atoms. The van der Waals surface area contributed by atoms with E-state index >= 15 is 0 Å². The van der Waals surface area contributed by atoms with Gasteiger partial charge in [-0.3, -0.25) is 4.57 Å². The van der Waals surface area contributed by atoms with Crippen LogP contribution in [0, 0.1) is 18.5 Å². The van der Waals surface area contributed by atoms with Gasteiger partial charge in [0.15, 0.2) is 0 Å². The largest absolute Gasteiger partial charge is 0.510 e. The summed E-state index contributed by atoms with van der Waals surface area (Å²) in [7, 11) is 0. The fourth-order valence-electron chi connectivity index (χ4n) is 13.6. The summed E-state index contributed by atoms with van der Waals surface area (Å²) < 4.78 is 16.2. The van der Waals surface area contributed by atoms with E-state index in [0.29, 0.717) is 11.5 Å². The number of imidazole rings is 1. The molecule has 0 bridgehead atoms. The van der Waals surface area contributed by atoms with Gasteiger partial charge < -0.3 is 18.4 Å². The minimum Gasteiger partial charge on any atom is -0.510 e. The molecule has 0 atom stereocenters. The standard InChI is InChI=1S/C76H65N5O.Pt/c1-73(2,3)47-35-38-77-70(39-47)81-67-32-18-15-27-56(67)57-34-33-51(43-68(57)81)82-50-22-19-21-48(40-50)78-46-79-71-58(28-20-29-62(71)74(4,5)6)60-45-64-63(75(7,8)36-37-76(64,9)10)44-59(60)52-23-11-12-24-53(52)61-41-49(42-69(78)72(61)79)80-65-30-16-13-25-54(65)55-26-14-17-31-66(55)80;/h11-35,38-39,41-42,44-45H,36-37H2,1-10H3;/q-2;. The zero-order valence-corrected chi connectivity index (χ0v) is 51.0. The van der Waals surface area contributed by atoms with Crippen LogP contribution in [0.4, 0.5) is 0 Å². The van der Waals surface area contributed by atoms with Crippen LogP contribution in [-0.2, 0) is 42.7 Å². The summed E-state index contributed by atoms with van der Waals surface area (Å²) >= 11 is 0. The first kappa shape index (κ1) is 52.7. The molecule has 0 radical (unpaired) electrons. The normalized spacial score (nSPS) is 14.4. The molecule has 0 spiro atoms. The average Bonchev–Trinajstić information content (AvgIpc) is 3.37. The van der Waals surface area contributed by atoms with Crippen molar-refractivity contribution in [2.24, 2.45) is 0 Å². The molecule has 0 amide bonds. The Kier molecular flexibility index (Phi) is 12.0. The molecule has 4 aromatic heterocycles. The van der Waals surface area contributed by atoms with Crippen molar-refractivity contribution in [2.75, 3.05) is 0 Å². The van der Waals surface area contributed by atoms with E-state index in [4.69, 9.17) is 9.72 Å². The molecule has 412 valence electrons. The number of fused-ring (bicyclic) bond motifs is 14. The number of hydrogen-bond donors (Lipinski definition) is 0. The molecule has 13 aromatic rings. The molecule has 0 saturated heterocycles. The maximum absolute atomic E-state index is 6.93. The predicted molar refractivity (Wildman–Crippen MR) is 337 cm³/mol. The fourth-order valence-corrected chi connectivity index (χ4v) is 13.6. The molecular weight excluding hydrogens is 1190 g/mol. The summed E-state index contributed by atoms with van der Waals surface area (Å²) in [6, 6.07) is 74.3. The second kappa shape index (κ2) is 18.9. The van der Waals surface area contributed by atoms with Gasteiger partial charge in [-0.2, -0.15) is 18.2 Å².